The molecule has 0 aliphatic rings. The number of amides is 1. The first kappa shape index (κ1) is 24.6. The molecule has 3 aromatic carbocycles. The summed E-state index contributed by atoms with van der Waals surface area (Å²) in [4.78, 5) is 12.7. The second kappa shape index (κ2) is 12.2. The quantitative estimate of drug-likeness (QED) is 0.220. The van der Waals surface area contributed by atoms with Crippen LogP contribution in [0.25, 0.3) is 6.08 Å². The molecule has 1 amide bonds. The molecule has 0 saturated heterocycles. The van der Waals surface area contributed by atoms with Crippen LogP contribution in [0.3, 0.4) is 0 Å². The van der Waals surface area contributed by atoms with Crippen LogP contribution in [0.4, 0.5) is 5.69 Å². The minimum atomic E-state index is -0.498. The number of rotatable bonds is 9. The second-order valence-electron chi connectivity index (χ2n) is 7.09. The van der Waals surface area contributed by atoms with Gasteiger partial charge in [0.05, 0.1) is 6.61 Å². The Kier molecular flexibility index (Phi) is 9.11. The van der Waals surface area contributed by atoms with E-state index < -0.39 is 5.91 Å². The van der Waals surface area contributed by atoms with E-state index in [1.807, 2.05) is 55.5 Å². The van der Waals surface area contributed by atoms with E-state index in [1.165, 1.54) is 6.08 Å². The van der Waals surface area contributed by atoms with Crippen molar-refractivity contribution in [2.75, 3.05) is 11.9 Å². The first-order valence-electron chi connectivity index (χ1n) is 10.3. The summed E-state index contributed by atoms with van der Waals surface area (Å²) < 4.78 is 13.4. The Labute approximate surface area is 210 Å². The largest absolute Gasteiger partial charge is 0.493 e. The third kappa shape index (κ3) is 7.48. The summed E-state index contributed by atoms with van der Waals surface area (Å²) in [5.41, 5.74) is 2.24. The predicted octanol–water partition coefficient (Wildman–Crippen LogP) is 7.13. The second-order valence-corrected chi connectivity index (χ2v) is 8.93. The van der Waals surface area contributed by atoms with Crippen LogP contribution < -0.4 is 14.8 Å². The van der Waals surface area contributed by atoms with E-state index in [1.54, 1.807) is 24.3 Å². The third-order valence-electron chi connectivity index (χ3n) is 4.53. The van der Waals surface area contributed by atoms with Crippen LogP contribution in [0.5, 0.6) is 11.5 Å². The Morgan fingerprint density at radius 2 is 1.70 bits per heavy atom. The van der Waals surface area contributed by atoms with Crippen molar-refractivity contribution in [2.24, 2.45) is 0 Å². The maximum absolute atomic E-state index is 12.7. The number of halogens is 2. The molecule has 33 heavy (non-hydrogen) atoms. The van der Waals surface area contributed by atoms with Crippen LogP contribution in [0.1, 0.15) is 24.5 Å². The zero-order valence-electron chi connectivity index (χ0n) is 18.0. The monoisotopic (exact) mass is 568 g/mol. The SMILES string of the molecule is CCCOc1ccc(Br)cc1/C=C(\C#N)C(=O)Nc1ccc(OCc2ccc(Br)cc2)cc1. The summed E-state index contributed by atoms with van der Waals surface area (Å²) in [6.07, 6.45) is 2.38. The van der Waals surface area contributed by atoms with E-state index in [0.717, 1.165) is 20.9 Å². The number of nitrogens with zero attached hydrogens (tertiary/aromatic N) is 1. The van der Waals surface area contributed by atoms with Crippen LogP contribution in [0.2, 0.25) is 0 Å². The Morgan fingerprint density at radius 1 is 1.00 bits per heavy atom. The predicted molar refractivity (Wildman–Crippen MR) is 137 cm³/mol. The molecule has 0 spiro atoms. The zero-order valence-corrected chi connectivity index (χ0v) is 21.1. The highest BCUT2D eigenvalue weighted by Gasteiger charge is 2.12. The lowest BCUT2D eigenvalue weighted by Crippen LogP contribution is -2.13. The minimum Gasteiger partial charge on any atom is -0.493 e. The number of benzene rings is 3. The maximum Gasteiger partial charge on any atom is 0.266 e. The van der Waals surface area contributed by atoms with Crippen molar-refractivity contribution in [2.45, 2.75) is 20.0 Å². The van der Waals surface area contributed by atoms with Gasteiger partial charge < -0.3 is 14.8 Å². The van der Waals surface area contributed by atoms with E-state index in [4.69, 9.17) is 9.47 Å². The minimum absolute atomic E-state index is 0.0231. The number of nitriles is 1. The normalized spacial score (nSPS) is 10.9. The molecule has 0 unspecified atom stereocenters. The lowest BCUT2D eigenvalue weighted by Gasteiger charge is -2.10. The first-order valence-corrected chi connectivity index (χ1v) is 11.9. The number of carbonyl (C=O) groups excluding carboxylic acids is 1. The van der Waals surface area contributed by atoms with Crippen molar-refractivity contribution in [3.05, 3.63) is 92.4 Å². The summed E-state index contributed by atoms with van der Waals surface area (Å²) in [5.74, 6) is 0.800. The van der Waals surface area contributed by atoms with Gasteiger partial charge in [0.25, 0.3) is 5.91 Å². The molecule has 0 saturated carbocycles. The van der Waals surface area contributed by atoms with Gasteiger partial charge in [-0.15, -0.1) is 0 Å². The van der Waals surface area contributed by atoms with E-state index in [0.29, 0.717) is 36.0 Å². The van der Waals surface area contributed by atoms with Crippen molar-refractivity contribution in [1.29, 1.82) is 5.26 Å². The fourth-order valence-electron chi connectivity index (χ4n) is 2.86. The molecule has 0 aliphatic carbocycles. The van der Waals surface area contributed by atoms with E-state index >= 15 is 0 Å². The molecule has 1 N–H and O–H groups in total. The molecule has 5 nitrogen and oxygen atoms in total. The van der Waals surface area contributed by atoms with E-state index in [-0.39, 0.29) is 5.57 Å². The van der Waals surface area contributed by atoms with Crippen molar-refractivity contribution in [3.63, 3.8) is 0 Å². The standard InChI is InChI=1S/C26H22Br2N2O3/c1-2-13-32-25-12-7-22(28)15-19(25)14-20(16-29)26(31)30-23-8-10-24(11-9-23)33-17-18-3-5-21(27)6-4-18/h3-12,14-15H,2,13,17H2,1H3,(H,30,31)/b20-14+. The molecule has 0 radical (unpaired) electrons. The van der Waals surface area contributed by atoms with Gasteiger partial charge in [0, 0.05) is 20.2 Å². The fraction of sp³-hybridized carbons (Fsp3) is 0.154. The first-order chi connectivity index (χ1) is 16.0. The number of anilines is 1. The number of hydrogen-bond acceptors (Lipinski definition) is 4. The molecule has 168 valence electrons. The van der Waals surface area contributed by atoms with Gasteiger partial charge in [0.15, 0.2) is 0 Å². The molecule has 0 fully saturated rings. The van der Waals surface area contributed by atoms with Gasteiger partial charge in [-0.1, -0.05) is 50.9 Å². The average molecular weight is 570 g/mol. The number of nitrogens with one attached hydrogen (secondary N) is 1. The van der Waals surface area contributed by atoms with Gasteiger partial charge in [0.2, 0.25) is 0 Å². The fourth-order valence-corrected chi connectivity index (χ4v) is 3.50. The Morgan fingerprint density at radius 3 is 2.36 bits per heavy atom. The van der Waals surface area contributed by atoms with E-state index in [9.17, 15) is 10.1 Å². The summed E-state index contributed by atoms with van der Waals surface area (Å²) in [5, 5.41) is 12.3. The average Bonchev–Trinajstić information content (AvgIpc) is 2.82. The number of hydrogen-bond donors (Lipinski definition) is 1. The molecule has 3 rings (SSSR count). The van der Waals surface area contributed by atoms with Gasteiger partial charge >= 0.3 is 0 Å². The topological polar surface area (TPSA) is 71.3 Å². The van der Waals surface area contributed by atoms with Crippen molar-refractivity contribution >= 4 is 49.5 Å². The Bertz CT molecular complexity index is 1170. The summed E-state index contributed by atoms with van der Waals surface area (Å²) in [7, 11) is 0. The molecule has 7 heteroatoms. The number of ether oxygens (including phenoxy) is 2. The highest BCUT2D eigenvalue weighted by Crippen LogP contribution is 2.26. The molecule has 0 heterocycles. The van der Waals surface area contributed by atoms with Crippen LogP contribution in [0.15, 0.2) is 81.2 Å². The molecular formula is C26H22Br2N2O3. The van der Waals surface area contributed by atoms with Gasteiger partial charge in [0.1, 0.15) is 29.7 Å². The van der Waals surface area contributed by atoms with Crippen LogP contribution in [-0.2, 0) is 11.4 Å². The summed E-state index contributed by atoms with van der Waals surface area (Å²) >= 11 is 6.83. The van der Waals surface area contributed by atoms with Crippen LogP contribution in [-0.4, -0.2) is 12.5 Å². The van der Waals surface area contributed by atoms with Crippen molar-refractivity contribution in [3.8, 4) is 17.6 Å². The van der Waals surface area contributed by atoms with Gasteiger partial charge in [-0.2, -0.15) is 5.26 Å². The zero-order chi connectivity index (χ0) is 23.6. The smallest absolute Gasteiger partial charge is 0.266 e. The highest BCUT2D eigenvalue weighted by molar-refractivity contribution is 9.10. The molecule has 0 atom stereocenters. The van der Waals surface area contributed by atoms with Crippen LogP contribution >= 0.6 is 31.9 Å². The van der Waals surface area contributed by atoms with Gasteiger partial charge in [-0.05, 0) is 72.7 Å². The van der Waals surface area contributed by atoms with E-state index in [2.05, 4.69) is 37.2 Å². The summed E-state index contributed by atoms with van der Waals surface area (Å²) in [6, 6.07) is 22.4. The molecular weight excluding hydrogens is 548 g/mol. The highest BCUT2D eigenvalue weighted by atomic mass is 79.9. The Hall–Kier alpha value is -3.08. The lowest BCUT2D eigenvalue weighted by atomic mass is 10.1. The molecule has 0 bridgehead atoms. The lowest BCUT2D eigenvalue weighted by molar-refractivity contribution is -0.112. The Balaban J connectivity index is 1.66. The van der Waals surface area contributed by atoms with Gasteiger partial charge in [-0.25, -0.2) is 0 Å². The number of carbonyl (C=O) groups is 1. The molecule has 0 aliphatic heterocycles. The summed E-state index contributed by atoms with van der Waals surface area (Å²) in [6.45, 7) is 3.00. The molecule has 0 aromatic heterocycles. The van der Waals surface area contributed by atoms with Crippen molar-refractivity contribution in [1.82, 2.24) is 0 Å². The molecule has 3 aromatic rings. The van der Waals surface area contributed by atoms with Crippen LogP contribution in [0, 0.1) is 11.3 Å². The van der Waals surface area contributed by atoms with Crippen molar-refractivity contribution < 1.29 is 14.3 Å². The van der Waals surface area contributed by atoms with Gasteiger partial charge in [-0.3, -0.25) is 4.79 Å². The third-order valence-corrected chi connectivity index (χ3v) is 5.55. The maximum atomic E-state index is 12.7.